The monoisotopic (exact) mass is 194 g/mol. The van der Waals surface area contributed by atoms with Crippen molar-refractivity contribution in [3.05, 3.63) is 11.4 Å². The van der Waals surface area contributed by atoms with E-state index in [0.717, 1.165) is 31.4 Å². The fourth-order valence-corrected chi connectivity index (χ4v) is 1.95. The molecule has 78 valence electrons. The summed E-state index contributed by atoms with van der Waals surface area (Å²) in [5, 5.41) is 8.43. The molecule has 4 nitrogen and oxygen atoms in total. The van der Waals surface area contributed by atoms with Gasteiger partial charge in [0.1, 0.15) is 0 Å². The molecule has 2 atom stereocenters. The van der Waals surface area contributed by atoms with E-state index in [9.17, 15) is 0 Å². The van der Waals surface area contributed by atoms with Gasteiger partial charge in [-0.05, 0) is 26.2 Å². The first-order chi connectivity index (χ1) is 6.72. The molecule has 14 heavy (non-hydrogen) atoms. The molecular formula is C10H18N4. The summed E-state index contributed by atoms with van der Waals surface area (Å²) in [6.45, 7) is 4.34. The van der Waals surface area contributed by atoms with Gasteiger partial charge in [0.15, 0.2) is 0 Å². The van der Waals surface area contributed by atoms with Crippen molar-refractivity contribution in [2.45, 2.75) is 51.6 Å². The summed E-state index contributed by atoms with van der Waals surface area (Å²) in [6.07, 6.45) is 4.07. The zero-order chi connectivity index (χ0) is 10.1. The number of hydrogen-bond acceptors (Lipinski definition) is 3. The lowest BCUT2D eigenvalue weighted by Crippen LogP contribution is -2.29. The fraction of sp³-hybridized carbons (Fsp3) is 0.800. The van der Waals surface area contributed by atoms with Gasteiger partial charge in [-0.1, -0.05) is 12.1 Å². The van der Waals surface area contributed by atoms with Crippen LogP contribution in [0.5, 0.6) is 0 Å². The molecule has 0 saturated heterocycles. The average molecular weight is 194 g/mol. The Morgan fingerprint density at radius 1 is 1.64 bits per heavy atom. The number of nitrogens with zero attached hydrogens (tertiary/aromatic N) is 3. The van der Waals surface area contributed by atoms with E-state index < -0.39 is 0 Å². The Morgan fingerprint density at radius 2 is 2.43 bits per heavy atom. The van der Waals surface area contributed by atoms with Crippen LogP contribution in [-0.4, -0.2) is 21.0 Å². The van der Waals surface area contributed by atoms with Crippen LogP contribution in [0.25, 0.3) is 0 Å². The van der Waals surface area contributed by atoms with Gasteiger partial charge < -0.3 is 5.73 Å². The highest BCUT2D eigenvalue weighted by atomic mass is 15.4. The van der Waals surface area contributed by atoms with Crippen LogP contribution >= 0.6 is 0 Å². The van der Waals surface area contributed by atoms with Gasteiger partial charge in [-0.15, -0.1) is 5.10 Å². The van der Waals surface area contributed by atoms with E-state index in [1.165, 1.54) is 5.69 Å². The molecule has 0 radical (unpaired) electrons. The van der Waals surface area contributed by atoms with Gasteiger partial charge in [0.05, 0.1) is 17.4 Å². The molecular weight excluding hydrogens is 176 g/mol. The normalized spacial score (nSPS) is 23.2. The van der Waals surface area contributed by atoms with Gasteiger partial charge in [-0.3, -0.25) is 0 Å². The van der Waals surface area contributed by atoms with Gasteiger partial charge in [0, 0.05) is 12.5 Å². The largest absolute Gasteiger partial charge is 0.327 e. The second-order valence-electron chi connectivity index (χ2n) is 4.19. The molecule has 0 saturated carbocycles. The van der Waals surface area contributed by atoms with E-state index in [0.29, 0.717) is 12.1 Å². The van der Waals surface area contributed by atoms with Crippen molar-refractivity contribution in [2.75, 3.05) is 0 Å². The minimum atomic E-state index is 0.295. The summed E-state index contributed by atoms with van der Waals surface area (Å²) >= 11 is 0. The molecule has 2 rings (SSSR count). The second-order valence-corrected chi connectivity index (χ2v) is 4.19. The van der Waals surface area contributed by atoms with Crippen LogP contribution in [0.3, 0.4) is 0 Å². The molecule has 2 N–H and O–H groups in total. The molecule has 1 aromatic heterocycles. The van der Waals surface area contributed by atoms with E-state index in [4.69, 9.17) is 5.73 Å². The first kappa shape index (κ1) is 9.65. The number of nitrogens with two attached hydrogens (primary N) is 1. The van der Waals surface area contributed by atoms with E-state index in [1.54, 1.807) is 0 Å². The molecule has 0 bridgehead atoms. The van der Waals surface area contributed by atoms with Crippen molar-refractivity contribution in [1.82, 2.24) is 15.0 Å². The van der Waals surface area contributed by atoms with Crippen LogP contribution in [0.15, 0.2) is 0 Å². The van der Waals surface area contributed by atoms with E-state index in [-0.39, 0.29) is 0 Å². The summed E-state index contributed by atoms with van der Waals surface area (Å²) in [6, 6.07) is 0.736. The molecule has 1 aromatic rings. The minimum Gasteiger partial charge on any atom is -0.327 e. The molecule has 0 amide bonds. The molecule has 1 aliphatic rings. The SMILES string of the molecule is CC[C@@H](C)n1nnc2c1C[C@H](N)CC2. The lowest BCUT2D eigenvalue weighted by atomic mass is 9.96. The first-order valence-corrected chi connectivity index (χ1v) is 5.41. The number of fused-ring (bicyclic) bond motifs is 1. The lowest BCUT2D eigenvalue weighted by molar-refractivity contribution is 0.435. The summed E-state index contributed by atoms with van der Waals surface area (Å²) in [5.74, 6) is 0. The predicted octanol–water partition coefficient (Wildman–Crippen LogP) is 1.07. The standard InChI is InChI=1S/C10H18N4/c1-3-7(2)14-10-6-8(11)4-5-9(10)12-13-14/h7-8H,3-6,11H2,1-2H3/t7-,8-/m1/s1. The van der Waals surface area contributed by atoms with Crippen LogP contribution in [0.2, 0.25) is 0 Å². The summed E-state index contributed by atoms with van der Waals surface area (Å²) in [5.41, 5.74) is 8.37. The maximum absolute atomic E-state index is 5.95. The Balaban J connectivity index is 2.30. The number of aromatic nitrogens is 3. The van der Waals surface area contributed by atoms with Crippen LogP contribution in [0.1, 0.15) is 44.1 Å². The van der Waals surface area contributed by atoms with Gasteiger partial charge in [-0.25, -0.2) is 4.68 Å². The molecule has 0 spiro atoms. The third-order valence-electron chi connectivity index (χ3n) is 3.09. The zero-order valence-corrected chi connectivity index (χ0v) is 8.90. The van der Waals surface area contributed by atoms with Gasteiger partial charge >= 0.3 is 0 Å². The Bertz CT molecular complexity index is 318. The number of aryl methyl sites for hydroxylation is 1. The summed E-state index contributed by atoms with van der Waals surface area (Å²) in [7, 11) is 0. The molecule has 0 aliphatic heterocycles. The van der Waals surface area contributed by atoms with Crippen LogP contribution in [-0.2, 0) is 12.8 Å². The van der Waals surface area contributed by atoms with Crippen molar-refractivity contribution in [2.24, 2.45) is 5.73 Å². The van der Waals surface area contributed by atoms with Crippen molar-refractivity contribution in [1.29, 1.82) is 0 Å². The maximum Gasteiger partial charge on any atom is 0.0860 e. The number of rotatable bonds is 2. The van der Waals surface area contributed by atoms with Crippen LogP contribution < -0.4 is 5.73 Å². The van der Waals surface area contributed by atoms with E-state index >= 15 is 0 Å². The molecule has 1 aliphatic carbocycles. The van der Waals surface area contributed by atoms with Crippen molar-refractivity contribution in [3.8, 4) is 0 Å². The zero-order valence-electron chi connectivity index (χ0n) is 8.90. The highest BCUT2D eigenvalue weighted by Gasteiger charge is 2.22. The van der Waals surface area contributed by atoms with Gasteiger partial charge in [0.25, 0.3) is 0 Å². The van der Waals surface area contributed by atoms with Crippen LogP contribution in [0, 0.1) is 0 Å². The Hall–Kier alpha value is -0.900. The predicted molar refractivity (Wildman–Crippen MR) is 55.0 cm³/mol. The molecule has 0 aromatic carbocycles. The van der Waals surface area contributed by atoms with Crippen molar-refractivity contribution < 1.29 is 0 Å². The highest BCUT2D eigenvalue weighted by molar-refractivity contribution is 5.16. The molecule has 1 heterocycles. The first-order valence-electron chi connectivity index (χ1n) is 5.41. The quantitative estimate of drug-likeness (QED) is 0.766. The van der Waals surface area contributed by atoms with Gasteiger partial charge in [0.2, 0.25) is 0 Å². The Morgan fingerprint density at radius 3 is 3.14 bits per heavy atom. The third kappa shape index (κ3) is 1.54. The Kier molecular flexibility index (Phi) is 2.54. The Labute approximate surface area is 84.5 Å². The van der Waals surface area contributed by atoms with Gasteiger partial charge in [-0.2, -0.15) is 0 Å². The van der Waals surface area contributed by atoms with Crippen molar-refractivity contribution >= 4 is 0 Å². The maximum atomic E-state index is 5.95. The van der Waals surface area contributed by atoms with E-state index in [2.05, 4.69) is 24.2 Å². The lowest BCUT2D eigenvalue weighted by Gasteiger charge is -2.20. The molecule has 4 heteroatoms. The van der Waals surface area contributed by atoms with Crippen molar-refractivity contribution in [3.63, 3.8) is 0 Å². The fourth-order valence-electron chi connectivity index (χ4n) is 1.95. The number of hydrogen-bond donors (Lipinski definition) is 1. The third-order valence-corrected chi connectivity index (χ3v) is 3.09. The molecule has 0 fully saturated rings. The van der Waals surface area contributed by atoms with E-state index in [1.807, 2.05) is 4.68 Å². The van der Waals surface area contributed by atoms with Crippen LogP contribution in [0.4, 0.5) is 0 Å². The second kappa shape index (κ2) is 3.69. The smallest absolute Gasteiger partial charge is 0.0860 e. The minimum absolute atomic E-state index is 0.295. The highest BCUT2D eigenvalue weighted by Crippen LogP contribution is 2.21. The average Bonchev–Trinajstić information content (AvgIpc) is 2.59. The summed E-state index contributed by atoms with van der Waals surface area (Å²) in [4.78, 5) is 0. The molecule has 0 unspecified atom stereocenters. The summed E-state index contributed by atoms with van der Waals surface area (Å²) < 4.78 is 2.05. The topological polar surface area (TPSA) is 56.7 Å².